The molecule has 0 bridgehead atoms. The van der Waals surface area contributed by atoms with Gasteiger partial charge >= 0.3 is 6.18 Å². The molecule has 1 aromatic heterocycles. The fraction of sp³-hybridized carbons (Fsp3) is 0.364. The Morgan fingerprint density at radius 1 is 1.33 bits per heavy atom. The monoisotopic (exact) mass is 213 g/mol. The van der Waals surface area contributed by atoms with Crippen molar-refractivity contribution < 1.29 is 13.2 Å². The third-order valence-corrected chi connectivity index (χ3v) is 2.11. The lowest BCUT2D eigenvalue weighted by Crippen LogP contribution is -2.22. The van der Waals surface area contributed by atoms with Gasteiger partial charge in [-0.15, -0.1) is 6.42 Å². The highest BCUT2D eigenvalue weighted by Gasteiger charge is 2.38. The van der Waals surface area contributed by atoms with Crippen LogP contribution in [0.2, 0.25) is 0 Å². The number of nitrogens with zero attached hydrogens (tertiary/aromatic N) is 1. The molecule has 0 unspecified atom stereocenters. The Labute approximate surface area is 86.3 Å². The van der Waals surface area contributed by atoms with E-state index >= 15 is 0 Å². The van der Waals surface area contributed by atoms with Crippen LogP contribution >= 0.6 is 0 Å². The van der Waals surface area contributed by atoms with Gasteiger partial charge in [0.15, 0.2) is 0 Å². The van der Waals surface area contributed by atoms with Crippen LogP contribution in [0, 0.1) is 12.3 Å². The van der Waals surface area contributed by atoms with Gasteiger partial charge in [0.1, 0.15) is 5.69 Å². The molecule has 0 saturated carbocycles. The van der Waals surface area contributed by atoms with Crippen LogP contribution in [-0.2, 0) is 11.6 Å². The van der Waals surface area contributed by atoms with E-state index in [4.69, 9.17) is 6.42 Å². The van der Waals surface area contributed by atoms with E-state index in [1.54, 1.807) is 13.8 Å². The Bertz CT molecular complexity index is 399. The number of hydrogen-bond acceptors (Lipinski definition) is 1. The summed E-state index contributed by atoms with van der Waals surface area (Å²) in [6.45, 7) is 3.11. The first kappa shape index (κ1) is 11.6. The largest absolute Gasteiger partial charge is 0.433 e. The van der Waals surface area contributed by atoms with E-state index < -0.39 is 17.3 Å². The molecule has 0 aromatic carbocycles. The molecule has 0 atom stereocenters. The molecule has 0 amide bonds. The summed E-state index contributed by atoms with van der Waals surface area (Å²) in [5.41, 5.74) is -1.85. The molecule has 1 rings (SSSR count). The maximum atomic E-state index is 12.6. The number of halogens is 3. The number of alkyl halides is 3. The van der Waals surface area contributed by atoms with Crippen molar-refractivity contribution in [1.29, 1.82) is 0 Å². The second kappa shape index (κ2) is 3.58. The van der Waals surface area contributed by atoms with Gasteiger partial charge in [-0.2, -0.15) is 13.2 Å². The number of pyridine rings is 1. The minimum Gasteiger partial charge on any atom is -0.251 e. The second-order valence-electron chi connectivity index (χ2n) is 3.67. The average Bonchev–Trinajstić information content (AvgIpc) is 2.16. The first-order valence-corrected chi connectivity index (χ1v) is 4.29. The topological polar surface area (TPSA) is 12.9 Å². The standard InChI is InChI=1S/C11H10F3N/c1-4-10(2,3)8-6-5-7-15-9(8)11(12,13)14/h1,5-7H,2-3H3. The Hall–Kier alpha value is -1.50. The van der Waals surface area contributed by atoms with Crippen molar-refractivity contribution in [3.63, 3.8) is 0 Å². The summed E-state index contributed by atoms with van der Waals surface area (Å²) < 4.78 is 37.8. The predicted octanol–water partition coefficient (Wildman–Crippen LogP) is 3.01. The van der Waals surface area contributed by atoms with Crippen molar-refractivity contribution in [2.24, 2.45) is 0 Å². The van der Waals surface area contributed by atoms with Crippen LogP contribution < -0.4 is 0 Å². The third-order valence-electron chi connectivity index (χ3n) is 2.11. The zero-order valence-electron chi connectivity index (χ0n) is 8.39. The smallest absolute Gasteiger partial charge is 0.251 e. The van der Waals surface area contributed by atoms with Crippen LogP contribution in [0.1, 0.15) is 25.1 Å². The molecular formula is C11H10F3N. The summed E-state index contributed by atoms with van der Waals surface area (Å²) in [6.07, 6.45) is 1.85. The van der Waals surface area contributed by atoms with E-state index in [1.807, 2.05) is 0 Å². The average molecular weight is 213 g/mol. The fourth-order valence-corrected chi connectivity index (χ4v) is 1.21. The van der Waals surface area contributed by atoms with Gasteiger partial charge in [0.05, 0.1) is 5.41 Å². The summed E-state index contributed by atoms with van der Waals surface area (Å²) in [7, 11) is 0. The minimum atomic E-state index is -4.47. The first-order valence-electron chi connectivity index (χ1n) is 4.29. The molecule has 1 heterocycles. The SMILES string of the molecule is C#CC(C)(C)c1cccnc1C(F)(F)F. The van der Waals surface area contributed by atoms with Gasteiger partial charge in [0.2, 0.25) is 0 Å². The quantitative estimate of drug-likeness (QED) is 0.653. The molecule has 0 aliphatic heterocycles. The lowest BCUT2D eigenvalue weighted by atomic mass is 9.84. The molecule has 0 radical (unpaired) electrons. The summed E-state index contributed by atoms with van der Waals surface area (Å²) in [5.74, 6) is 2.33. The van der Waals surface area contributed by atoms with Gasteiger partial charge < -0.3 is 0 Å². The highest BCUT2D eigenvalue weighted by molar-refractivity contribution is 5.36. The van der Waals surface area contributed by atoms with Crippen LogP contribution in [0.3, 0.4) is 0 Å². The lowest BCUT2D eigenvalue weighted by molar-refractivity contribution is -0.142. The first-order chi connectivity index (χ1) is 6.79. The second-order valence-corrected chi connectivity index (χ2v) is 3.67. The van der Waals surface area contributed by atoms with E-state index in [1.165, 1.54) is 12.1 Å². The van der Waals surface area contributed by atoms with Crippen LogP contribution in [0.4, 0.5) is 13.2 Å². The Morgan fingerprint density at radius 3 is 2.40 bits per heavy atom. The van der Waals surface area contributed by atoms with Crippen LogP contribution in [0.5, 0.6) is 0 Å². The van der Waals surface area contributed by atoms with E-state index in [0.717, 1.165) is 6.20 Å². The molecule has 4 heteroatoms. The van der Waals surface area contributed by atoms with Crippen molar-refractivity contribution in [2.45, 2.75) is 25.4 Å². The van der Waals surface area contributed by atoms with Crippen molar-refractivity contribution in [1.82, 2.24) is 4.98 Å². The van der Waals surface area contributed by atoms with Crippen molar-refractivity contribution >= 4 is 0 Å². The molecule has 80 valence electrons. The molecular weight excluding hydrogens is 203 g/mol. The number of hydrogen-bond donors (Lipinski definition) is 0. The third kappa shape index (κ3) is 2.30. The van der Waals surface area contributed by atoms with E-state index in [0.29, 0.717) is 0 Å². The number of terminal acetylenes is 1. The van der Waals surface area contributed by atoms with Gasteiger partial charge in [0.25, 0.3) is 0 Å². The van der Waals surface area contributed by atoms with Crippen molar-refractivity contribution in [3.8, 4) is 12.3 Å². The maximum Gasteiger partial charge on any atom is 0.433 e. The summed E-state index contributed by atoms with van der Waals surface area (Å²) >= 11 is 0. The summed E-state index contributed by atoms with van der Waals surface area (Å²) in [4.78, 5) is 3.34. The van der Waals surface area contributed by atoms with Crippen molar-refractivity contribution in [2.75, 3.05) is 0 Å². The highest BCUT2D eigenvalue weighted by atomic mass is 19.4. The van der Waals surface area contributed by atoms with Crippen LogP contribution in [0.25, 0.3) is 0 Å². The van der Waals surface area contributed by atoms with Gasteiger partial charge in [0, 0.05) is 11.8 Å². The zero-order valence-corrected chi connectivity index (χ0v) is 8.39. The highest BCUT2D eigenvalue weighted by Crippen LogP contribution is 2.35. The number of aromatic nitrogens is 1. The molecule has 0 spiro atoms. The molecule has 15 heavy (non-hydrogen) atoms. The molecule has 0 saturated heterocycles. The molecule has 1 aromatic rings. The van der Waals surface area contributed by atoms with Crippen LogP contribution in [0.15, 0.2) is 18.3 Å². The molecule has 1 nitrogen and oxygen atoms in total. The Kier molecular flexibility index (Phi) is 2.76. The molecule has 0 N–H and O–H groups in total. The predicted molar refractivity (Wildman–Crippen MR) is 51.1 cm³/mol. The van der Waals surface area contributed by atoms with Crippen molar-refractivity contribution in [3.05, 3.63) is 29.6 Å². The zero-order chi connectivity index (χ0) is 11.7. The van der Waals surface area contributed by atoms with Gasteiger partial charge in [-0.05, 0) is 19.9 Å². The van der Waals surface area contributed by atoms with Gasteiger partial charge in [-0.3, -0.25) is 4.98 Å². The van der Waals surface area contributed by atoms with E-state index in [2.05, 4.69) is 10.9 Å². The minimum absolute atomic E-state index is 0.0278. The Morgan fingerprint density at radius 2 is 1.93 bits per heavy atom. The fourth-order valence-electron chi connectivity index (χ4n) is 1.21. The van der Waals surface area contributed by atoms with Gasteiger partial charge in [-0.1, -0.05) is 12.0 Å². The summed E-state index contributed by atoms with van der Waals surface area (Å²) in [5, 5.41) is 0. The maximum absolute atomic E-state index is 12.6. The number of rotatable bonds is 1. The lowest BCUT2D eigenvalue weighted by Gasteiger charge is -2.21. The summed E-state index contributed by atoms with van der Waals surface area (Å²) in [6, 6.07) is 2.80. The van der Waals surface area contributed by atoms with Crippen LogP contribution in [-0.4, -0.2) is 4.98 Å². The van der Waals surface area contributed by atoms with E-state index in [9.17, 15) is 13.2 Å². The molecule has 0 aliphatic rings. The normalized spacial score (nSPS) is 12.3. The van der Waals surface area contributed by atoms with Gasteiger partial charge in [-0.25, -0.2) is 0 Å². The molecule has 0 aliphatic carbocycles. The Balaban J connectivity index is 3.39. The van der Waals surface area contributed by atoms with E-state index in [-0.39, 0.29) is 5.56 Å². The molecule has 0 fully saturated rings.